The lowest BCUT2D eigenvalue weighted by Crippen LogP contribution is -2.22. The average Bonchev–Trinajstić information content (AvgIpc) is 3.23. The third-order valence-corrected chi connectivity index (χ3v) is 6.37. The Morgan fingerprint density at radius 2 is 2.00 bits per heavy atom. The Labute approximate surface area is 196 Å². The van der Waals surface area contributed by atoms with Crippen molar-refractivity contribution in [2.24, 2.45) is 5.92 Å². The third kappa shape index (κ3) is 7.87. The second kappa shape index (κ2) is 13.0. The van der Waals surface area contributed by atoms with E-state index in [2.05, 4.69) is 10.1 Å². The van der Waals surface area contributed by atoms with Crippen molar-refractivity contribution in [2.75, 3.05) is 13.7 Å². The highest BCUT2D eigenvalue weighted by Gasteiger charge is 2.25. The first-order valence-corrected chi connectivity index (χ1v) is 11.7. The van der Waals surface area contributed by atoms with E-state index in [9.17, 15) is 19.5 Å². The van der Waals surface area contributed by atoms with Crippen molar-refractivity contribution in [1.29, 1.82) is 0 Å². The molecule has 0 saturated heterocycles. The Bertz CT molecular complexity index is 1020. The van der Waals surface area contributed by atoms with Crippen molar-refractivity contribution in [1.82, 2.24) is 5.32 Å². The molecule has 2 rings (SSSR count). The molecule has 2 heterocycles. The molecule has 3 N–H and O–H groups in total. The maximum Gasteiger partial charge on any atom is 0.410 e. The van der Waals surface area contributed by atoms with Crippen molar-refractivity contribution in [3.8, 4) is 5.75 Å². The topological polar surface area (TPSA) is 126 Å². The number of allylic oxidation sites excluding steroid dienone is 1. The Balaban J connectivity index is 2.01. The molecule has 8 nitrogen and oxygen atoms in total. The number of aryl methyl sites for hydroxylation is 1. The van der Waals surface area contributed by atoms with Crippen LogP contribution in [0.3, 0.4) is 0 Å². The molecule has 9 heteroatoms. The molecule has 1 amide bonds. The van der Waals surface area contributed by atoms with Gasteiger partial charge in [-0.1, -0.05) is 19.9 Å². The normalized spacial score (nSPS) is 13.1. The summed E-state index contributed by atoms with van der Waals surface area (Å²) in [6.45, 7) is 3.70. The first-order chi connectivity index (χ1) is 15.8. The number of carbonyl (C=O) groups excluding carboxylic acids is 2. The number of aliphatic hydroxyl groups is 1. The first kappa shape index (κ1) is 26.3. The van der Waals surface area contributed by atoms with Gasteiger partial charge in [-0.2, -0.15) is 0 Å². The minimum atomic E-state index is -0.841. The second-order valence-electron chi connectivity index (χ2n) is 7.88. The van der Waals surface area contributed by atoms with Gasteiger partial charge in [-0.05, 0) is 44.2 Å². The minimum absolute atomic E-state index is 0.134. The monoisotopic (exact) mass is 477 g/mol. The number of Topliss-reactive ketones (excluding diaryl/α,β-unsaturated/α-hetero) is 1. The predicted molar refractivity (Wildman–Crippen MR) is 126 cm³/mol. The zero-order chi connectivity index (χ0) is 24.4. The lowest BCUT2D eigenvalue weighted by atomic mass is 9.95. The number of aromatic hydroxyl groups is 1. The molecule has 0 spiro atoms. The summed E-state index contributed by atoms with van der Waals surface area (Å²) in [5, 5.41) is 21.8. The molecule has 0 aliphatic rings. The standard InChI is InChI=1S/C24H31NO7S/c1-15(7-4-5-11-25-24(30)31-3)20-14-19(27)21(23(29)32-20)22(28)16(2)13-18-10-9-17(33-18)8-6-12-26/h5,9-11,14-16,26-27H,4,6-8,12-13H2,1-3H3,(H,25,30)/b11-5+. The summed E-state index contributed by atoms with van der Waals surface area (Å²) >= 11 is 1.58. The van der Waals surface area contributed by atoms with Crippen molar-refractivity contribution < 1.29 is 29.0 Å². The van der Waals surface area contributed by atoms with E-state index in [0.717, 1.165) is 16.2 Å². The van der Waals surface area contributed by atoms with E-state index in [1.807, 2.05) is 19.1 Å². The van der Waals surface area contributed by atoms with Gasteiger partial charge in [0.05, 0.1) is 7.11 Å². The number of nitrogens with one attached hydrogen (secondary N) is 1. The van der Waals surface area contributed by atoms with Crippen LogP contribution in [0.25, 0.3) is 0 Å². The Hall–Kier alpha value is -2.91. The number of amides is 1. The molecule has 2 atom stereocenters. The van der Waals surface area contributed by atoms with Crippen LogP contribution in [-0.2, 0) is 17.6 Å². The largest absolute Gasteiger partial charge is 0.507 e. The summed E-state index contributed by atoms with van der Waals surface area (Å²) in [5.41, 5.74) is -1.16. The molecular weight excluding hydrogens is 446 g/mol. The number of ketones is 1. The summed E-state index contributed by atoms with van der Waals surface area (Å²) in [6, 6.07) is 5.26. The number of carbonyl (C=O) groups is 2. The van der Waals surface area contributed by atoms with Crippen LogP contribution in [0, 0.1) is 5.92 Å². The molecule has 0 aromatic carbocycles. The highest BCUT2D eigenvalue weighted by atomic mass is 32.1. The molecule has 0 bridgehead atoms. The predicted octanol–water partition coefficient (Wildman–Crippen LogP) is 4.15. The second-order valence-corrected chi connectivity index (χ2v) is 9.13. The number of thiophene rings is 1. The lowest BCUT2D eigenvalue weighted by molar-refractivity contribution is 0.0922. The zero-order valence-corrected chi connectivity index (χ0v) is 19.9. The Morgan fingerprint density at radius 1 is 1.27 bits per heavy atom. The highest BCUT2D eigenvalue weighted by molar-refractivity contribution is 7.12. The van der Waals surface area contributed by atoms with Crippen LogP contribution in [0.4, 0.5) is 4.79 Å². The van der Waals surface area contributed by atoms with Crippen LogP contribution >= 0.6 is 11.3 Å². The minimum Gasteiger partial charge on any atom is -0.507 e. The molecule has 0 radical (unpaired) electrons. The molecule has 2 aromatic heterocycles. The third-order valence-electron chi connectivity index (χ3n) is 5.21. The number of hydrogen-bond donors (Lipinski definition) is 3. The van der Waals surface area contributed by atoms with Gasteiger partial charge in [-0.3, -0.25) is 10.1 Å². The average molecular weight is 478 g/mol. The number of aliphatic hydroxyl groups excluding tert-OH is 1. The van der Waals surface area contributed by atoms with E-state index in [4.69, 9.17) is 9.52 Å². The van der Waals surface area contributed by atoms with Crippen LogP contribution in [0.15, 0.2) is 39.7 Å². The van der Waals surface area contributed by atoms with Crippen molar-refractivity contribution >= 4 is 23.2 Å². The first-order valence-electron chi connectivity index (χ1n) is 10.9. The SMILES string of the molecule is COC(=O)N/C=C/CCC(C)c1cc(O)c(C(=O)C(C)Cc2ccc(CCCO)s2)c(=O)o1. The molecule has 0 saturated carbocycles. The zero-order valence-electron chi connectivity index (χ0n) is 19.1. The van der Waals surface area contributed by atoms with Gasteiger partial charge in [0.2, 0.25) is 0 Å². The number of alkyl carbamates (subject to hydrolysis) is 1. The van der Waals surface area contributed by atoms with Crippen molar-refractivity contribution in [3.63, 3.8) is 0 Å². The molecule has 2 aromatic rings. The maximum atomic E-state index is 12.9. The van der Waals surface area contributed by atoms with E-state index in [1.54, 1.807) is 24.3 Å². The van der Waals surface area contributed by atoms with Gasteiger partial charge in [0.25, 0.3) is 0 Å². The summed E-state index contributed by atoms with van der Waals surface area (Å²) in [7, 11) is 1.27. The fraction of sp³-hybridized carbons (Fsp3) is 0.458. The Morgan fingerprint density at radius 3 is 2.67 bits per heavy atom. The molecule has 0 fully saturated rings. The number of methoxy groups -OCH3 is 1. The van der Waals surface area contributed by atoms with Crippen LogP contribution in [0.1, 0.15) is 64.9 Å². The van der Waals surface area contributed by atoms with Crippen LogP contribution in [0.5, 0.6) is 5.75 Å². The smallest absolute Gasteiger partial charge is 0.410 e. The van der Waals surface area contributed by atoms with Crippen molar-refractivity contribution in [2.45, 2.75) is 51.9 Å². The molecule has 180 valence electrons. The molecular formula is C24H31NO7S. The maximum absolute atomic E-state index is 12.9. The van der Waals surface area contributed by atoms with Gasteiger partial charge < -0.3 is 19.4 Å². The number of ether oxygens (including phenoxy) is 1. The molecule has 0 aliphatic heterocycles. The quantitative estimate of drug-likeness (QED) is 0.392. The van der Waals surface area contributed by atoms with Gasteiger partial charge in [-0.15, -0.1) is 11.3 Å². The van der Waals surface area contributed by atoms with E-state index in [-0.39, 0.29) is 23.8 Å². The summed E-state index contributed by atoms with van der Waals surface area (Å²) in [6.07, 6.45) is 5.76. The van der Waals surface area contributed by atoms with Gasteiger partial charge in [0, 0.05) is 40.5 Å². The van der Waals surface area contributed by atoms with Gasteiger partial charge in [0.15, 0.2) is 5.78 Å². The lowest BCUT2D eigenvalue weighted by Gasteiger charge is -2.13. The summed E-state index contributed by atoms with van der Waals surface area (Å²) in [4.78, 5) is 38.5. The van der Waals surface area contributed by atoms with Crippen LogP contribution in [0.2, 0.25) is 0 Å². The molecule has 2 unspecified atom stereocenters. The van der Waals surface area contributed by atoms with Crippen LogP contribution < -0.4 is 10.9 Å². The van der Waals surface area contributed by atoms with E-state index < -0.39 is 23.4 Å². The van der Waals surface area contributed by atoms with Gasteiger partial charge in [-0.25, -0.2) is 9.59 Å². The van der Waals surface area contributed by atoms with Crippen molar-refractivity contribution in [3.05, 3.63) is 62.0 Å². The van der Waals surface area contributed by atoms with E-state index in [0.29, 0.717) is 31.4 Å². The van der Waals surface area contributed by atoms with Crippen LogP contribution in [-0.4, -0.2) is 35.8 Å². The Kier molecular flexibility index (Phi) is 10.3. The summed E-state index contributed by atoms with van der Waals surface area (Å²) in [5.74, 6) is -1.22. The fourth-order valence-corrected chi connectivity index (χ4v) is 4.48. The fourth-order valence-electron chi connectivity index (χ4n) is 3.29. The molecule has 33 heavy (non-hydrogen) atoms. The number of hydrogen-bond acceptors (Lipinski definition) is 8. The van der Waals surface area contributed by atoms with E-state index >= 15 is 0 Å². The molecule has 0 aliphatic carbocycles. The number of rotatable bonds is 12. The summed E-state index contributed by atoms with van der Waals surface area (Å²) < 4.78 is 9.82. The van der Waals surface area contributed by atoms with Gasteiger partial charge >= 0.3 is 11.7 Å². The highest BCUT2D eigenvalue weighted by Crippen LogP contribution is 2.27. The van der Waals surface area contributed by atoms with Gasteiger partial charge in [0.1, 0.15) is 17.1 Å². The van der Waals surface area contributed by atoms with E-state index in [1.165, 1.54) is 19.4 Å².